The van der Waals surface area contributed by atoms with Crippen LogP contribution in [0.2, 0.25) is 5.02 Å². The molecule has 1 amide bonds. The van der Waals surface area contributed by atoms with Gasteiger partial charge >= 0.3 is 0 Å². The highest BCUT2D eigenvalue weighted by atomic mass is 35.5. The van der Waals surface area contributed by atoms with E-state index in [1.807, 2.05) is 30.3 Å². The van der Waals surface area contributed by atoms with Crippen molar-refractivity contribution in [1.29, 1.82) is 0 Å². The van der Waals surface area contributed by atoms with Crippen LogP contribution in [0.25, 0.3) is 10.9 Å². The van der Waals surface area contributed by atoms with E-state index in [0.717, 1.165) is 17.2 Å². The molecule has 2 aromatic carbocycles. The van der Waals surface area contributed by atoms with Crippen LogP contribution in [0.4, 0.5) is 0 Å². The average molecular weight is 419 g/mol. The molecule has 3 aromatic rings. The van der Waals surface area contributed by atoms with Gasteiger partial charge in [-0.05, 0) is 36.8 Å². The first-order valence-electron chi connectivity index (χ1n) is 8.60. The predicted octanol–water partition coefficient (Wildman–Crippen LogP) is 3.49. The summed E-state index contributed by atoms with van der Waals surface area (Å²) >= 11 is 5.90. The lowest BCUT2D eigenvalue weighted by atomic mass is 10.2. The number of nitrogens with zero attached hydrogens (tertiary/aromatic N) is 1. The van der Waals surface area contributed by atoms with Crippen molar-refractivity contribution in [3.05, 3.63) is 65.3 Å². The summed E-state index contributed by atoms with van der Waals surface area (Å²) in [7, 11) is -3.51. The fourth-order valence-corrected chi connectivity index (χ4v) is 3.98. The zero-order valence-corrected chi connectivity index (χ0v) is 16.8. The van der Waals surface area contributed by atoms with E-state index in [1.165, 1.54) is 18.2 Å². The lowest BCUT2D eigenvalue weighted by Crippen LogP contribution is -2.25. The Morgan fingerprint density at radius 2 is 1.96 bits per heavy atom. The number of sulfone groups is 1. The SMILES string of the molecule is CS(=O)(=O)c1cc(C(=O)NCCCOc2cccc3cccnc23)ccc1Cl. The van der Waals surface area contributed by atoms with Gasteiger partial charge in [-0.1, -0.05) is 29.8 Å². The molecule has 0 aliphatic heterocycles. The van der Waals surface area contributed by atoms with Crippen molar-refractivity contribution in [3.63, 3.8) is 0 Å². The summed E-state index contributed by atoms with van der Waals surface area (Å²) in [4.78, 5) is 16.5. The van der Waals surface area contributed by atoms with E-state index in [-0.39, 0.29) is 21.4 Å². The van der Waals surface area contributed by atoms with Crippen LogP contribution in [0, 0.1) is 0 Å². The number of para-hydroxylation sites is 1. The molecule has 0 saturated heterocycles. The van der Waals surface area contributed by atoms with E-state index in [0.29, 0.717) is 25.3 Å². The Morgan fingerprint density at radius 1 is 1.18 bits per heavy atom. The number of halogens is 1. The molecule has 0 unspecified atom stereocenters. The number of benzene rings is 2. The molecule has 0 aliphatic carbocycles. The summed E-state index contributed by atoms with van der Waals surface area (Å²) in [5.74, 6) is 0.327. The molecule has 1 aromatic heterocycles. The number of pyridine rings is 1. The number of nitrogens with one attached hydrogen (secondary N) is 1. The highest BCUT2D eigenvalue weighted by molar-refractivity contribution is 7.90. The van der Waals surface area contributed by atoms with Gasteiger partial charge in [0.1, 0.15) is 11.3 Å². The summed E-state index contributed by atoms with van der Waals surface area (Å²) < 4.78 is 29.2. The standard InChI is InChI=1S/C20H19ClN2O4S/c1-28(25,26)18-13-15(8-9-16(18)21)20(24)23-11-4-12-27-17-7-2-5-14-6-3-10-22-19(14)17/h2-3,5-10,13H,4,11-12H2,1H3,(H,23,24). The second-order valence-corrected chi connectivity index (χ2v) is 8.60. The van der Waals surface area contributed by atoms with Gasteiger partial charge in [-0.3, -0.25) is 9.78 Å². The third-order valence-electron chi connectivity index (χ3n) is 4.05. The summed E-state index contributed by atoms with van der Waals surface area (Å²) in [5.41, 5.74) is 1.03. The molecule has 28 heavy (non-hydrogen) atoms. The average Bonchev–Trinajstić information content (AvgIpc) is 2.67. The maximum atomic E-state index is 12.2. The minimum atomic E-state index is -3.51. The summed E-state index contributed by atoms with van der Waals surface area (Å²) in [6.45, 7) is 0.791. The van der Waals surface area contributed by atoms with E-state index in [9.17, 15) is 13.2 Å². The van der Waals surface area contributed by atoms with Crippen molar-refractivity contribution in [2.75, 3.05) is 19.4 Å². The van der Waals surface area contributed by atoms with Gasteiger partial charge in [0.25, 0.3) is 5.91 Å². The lowest BCUT2D eigenvalue weighted by molar-refractivity contribution is 0.0951. The number of carbonyl (C=O) groups is 1. The van der Waals surface area contributed by atoms with Crippen LogP contribution in [-0.2, 0) is 9.84 Å². The monoisotopic (exact) mass is 418 g/mol. The molecular weight excluding hydrogens is 400 g/mol. The molecule has 1 heterocycles. The van der Waals surface area contributed by atoms with Crippen LogP contribution >= 0.6 is 11.6 Å². The molecule has 146 valence electrons. The minimum Gasteiger partial charge on any atom is -0.491 e. The Kier molecular flexibility index (Phi) is 6.16. The Labute approximate surface area is 168 Å². The molecule has 0 atom stereocenters. The highest BCUT2D eigenvalue weighted by Gasteiger charge is 2.15. The Morgan fingerprint density at radius 3 is 2.75 bits per heavy atom. The van der Waals surface area contributed by atoms with E-state index in [1.54, 1.807) is 6.20 Å². The van der Waals surface area contributed by atoms with Gasteiger partial charge in [0.05, 0.1) is 16.5 Å². The van der Waals surface area contributed by atoms with Gasteiger partial charge in [-0.2, -0.15) is 0 Å². The summed E-state index contributed by atoms with van der Waals surface area (Å²) in [6.07, 6.45) is 3.35. The van der Waals surface area contributed by atoms with Crippen molar-refractivity contribution in [3.8, 4) is 5.75 Å². The Balaban J connectivity index is 1.54. The molecule has 8 heteroatoms. The van der Waals surface area contributed by atoms with Crippen LogP contribution in [0.1, 0.15) is 16.8 Å². The highest BCUT2D eigenvalue weighted by Crippen LogP contribution is 2.23. The minimum absolute atomic E-state index is 0.0615. The van der Waals surface area contributed by atoms with E-state index in [4.69, 9.17) is 16.3 Å². The van der Waals surface area contributed by atoms with Crippen molar-refractivity contribution >= 4 is 38.2 Å². The van der Waals surface area contributed by atoms with Crippen LogP contribution in [0.5, 0.6) is 5.75 Å². The maximum absolute atomic E-state index is 12.2. The topological polar surface area (TPSA) is 85.4 Å². The Hall–Kier alpha value is -2.64. The van der Waals surface area contributed by atoms with Gasteiger partial charge in [-0.25, -0.2) is 8.42 Å². The largest absolute Gasteiger partial charge is 0.491 e. The molecule has 1 N–H and O–H groups in total. The van der Waals surface area contributed by atoms with Crippen molar-refractivity contribution in [2.24, 2.45) is 0 Å². The first kappa shape index (κ1) is 20.1. The first-order chi connectivity index (χ1) is 13.4. The van der Waals surface area contributed by atoms with Crippen molar-refractivity contribution in [2.45, 2.75) is 11.3 Å². The van der Waals surface area contributed by atoms with Gasteiger partial charge in [0, 0.05) is 29.9 Å². The third-order valence-corrected chi connectivity index (χ3v) is 5.63. The molecule has 0 fully saturated rings. The number of carbonyl (C=O) groups excluding carboxylic acids is 1. The molecule has 0 radical (unpaired) electrons. The normalized spacial score (nSPS) is 11.4. The van der Waals surface area contributed by atoms with E-state index < -0.39 is 9.84 Å². The summed E-state index contributed by atoms with van der Waals surface area (Å²) in [6, 6.07) is 13.7. The smallest absolute Gasteiger partial charge is 0.251 e. The van der Waals surface area contributed by atoms with Gasteiger partial charge in [0.15, 0.2) is 9.84 Å². The van der Waals surface area contributed by atoms with Crippen LogP contribution in [-0.4, -0.2) is 38.7 Å². The number of rotatable bonds is 7. The zero-order chi connectivity index (χ0) is 20.1. The fourth-order valence-electron chi connectivity index (χ4n) is 2.68. The van der Waals surface area contributed by atoms with Crippen LogP contribution in [0.3, 0.4) is 0 Å². The number of aromatic nitrogens is 1. The third kappa shape index (κ3) is 4.79. The molecule has 6 nitrogen and oxygen atoms in total. The maximum Gasteiger partial charge on any atom is 0.251 e. The molecule has 0 bridgehead atoms. The number of hydrogen-bond donors (Lipinski definition) is 1. The zero-order valence-electron chi connectivity index (χ0n) is 15.2. The first-order valence-corrected chi connectivity index (χ1v) is 10.9. The second kappa shape index (κ2) is 8.58. The van der Waals surface area contributed by atoms with Crippen LogP contribution < -0.4 is 10.1 Å². The lowest BCUT2D eigenvalue weighted by Gasteiger charge is -2.10. The van der Waals surface area contributed by atoms with E-state index in [2.05, 4.69) is 10.3 Å². The Bertz CT molecular complexity index is 1110. The van der Waals surface area contributed by atoms with Crippen molar-refractivity contribution in [1.82, 2.24) is 10.3 Å². The number of fused-ring (bicyclic) bond motifs is 1. The van der Waals surface area contributed by atoms with Gasteiger partial charge < -0.3 is 10.1 Å². The summed E-state index contributed by atoms with van der Waals surface area (Å²) in [5, 5.41) is 3.84. The second-order valence-electron chi connectivity index (χ2n) is 6.21. The molecule has 0 saturated carbocycles. The number of amides is 1. The van der Waals surface area contributed by atoms with Crippen molar-refractivity contribution < 1.29 is 17.9 Å². The molecule has 0 spiro atoms. The molecule has 3 rings (SSSR count). The van der Waals surface area contributed by atoms with Crippen LogP contribution in [0.15, 0.2) is 59.6 Å². The quantitative estimate of drug-likeness (QED) is 0.593. The van der Waals surface area contributed by atoms with Gasteiger partial charge in [-0.15, -0.1) is 0 Å². The van der Waals surface area contributed by atoms with E-state index >= 15 is 0 Å². The van der Waals surface area contributed by atoms with Gasteiger partial charge in [0.2, 0.25) is 0 Å². The number of ether oxygens (including phenoxy) is 1. The number of hydrogen-bond acceptors (Lipinski definition) is 5. The fraction of sp³-hybridized carbons (Fsp3) is 0.200. The molecular formula is C20H19ClN2O4S. The molecule has 0 aliphatic rings. The predicted molar refractivity (Wildman–Crippen MR) is 109 cm³/mol.